The van der Waals surface area contributed by atoms with Crippen molar-refractivity contribution in [3.8, 4) is 11.4 Å². The minimum absolute atomic E-state index is 0.123. The molecule has 0 amide bonds. The number of oxazole rings is 1. The zero-order chi connectivity index (χ0) is 21.2. The lowest BCUT2D eigenvalue weighted by Crippen LogP contribution is -2.49. The normalized spacial score (nSPS) is 16.1. The number of anilines is 1. The van der Waals surface area contributed by atoms with Gasteiger partial charge in [-0.1, -0.05) is 47.6 Å². The second-order valence-corrected chi connectivity index (χ2v) is 7.65. The molecule has 2 aromatic heterocycles. The van der Waals surface area contributed by atoms with Crippen molar-refractivity contribution in [3.05, 3.63) is 65.1 Å². The van der Waals surface area contributed by atoms with Gasteiger partial charge in [0.05, 0.1) is 12.6 Å². The number of nitrogens with zero attached hydrogens (tertiary/aromatic N) is 5. The van der Waals surface area contributed by atoms with Crippen molar-refractivity contribution in [3.63, 3.8) is 0 Å². The van der Waals surface area contributed by atoms with E-state index >= 15 is 0 Å². The molecule has 4 aromatic rings. The predicted molar refractivity (Wildman–Crippen MR) is 115 cm³/mol. The van der Waals surface area contributed by atoms with Gasteiger partial charge in [-0.15, -0.1) is 0 Å². The fraction of sp³-hybridized carbons (Fsp3) is 0.318. The zero-order valence-electron chi connectivity index (χ0n) is 16.9. The molecule has 0 bridgehead atoms. The summed E-state index contributed by atoms with van der Waals surface area (Å²) in [6, 6.07) is 17.7. The Hall–Kier alpha value is -3.43. The van der Waals surface area contributed by atoms with E-state index in [1.165, 1.54) is 4.57 Å². The van der Waals surface area contributed by atoms with E-state index in [9.17, 15) is 9.90 Å². The van der Waals surface area contributed by atoms with Crippen LogP contribution >= 0.6 is 0 Å². The largest absolute Gasteiger partial charge is 0.441 e. The highest BCUT2D eigenvalue weighted by Crippen LogP contribution is 2.22. The quantitative estimate of drug-likeness (QED) is 0.503. The first-order chi connectivity index (χ1) is 15.2. The Balaban J connectivity index is 1.19. The molecule has 31 heavy (non-hydrogen) atoms. The van der Waals surface area contributed by atoms with Gasteiger partial charge in [-0.05, 0) is 12.1 Å². The van der Waals surface area contributed by atoms with Gasteiger partial charge >= 0.3 is 5.76 Å². The number of hydrogen-bond donors (Lipinski definition) is 1. The summed E-state index contributed by atoms with van der Waals surface area (Å²) in [6.07, 6.45) is -0.726. The molecule has 0 radical (unpaired) electrons. The summed E-state index contributed by atoms with van der Waals surface area (Å²) in [5.41, 5.74) is 2.40. The fourth-order valence-corrected chi connectivity index (χ4v) is 3.91. The SMILES string of the molecule is O=c1onc(-c2ccccc2)n1CC(O)CN1CCN(c2nc3ccccc3o2)CC1. The smallest absolute Gasteiger partial charge is 0.423 e. The molecule has 9 nitrogen and oxygen atoms in total. The number of fused-ring (bicyclic) bond motifs is 1. The zero-order valence-corrected chi connectivity index (χ0v) is 16.9. The summed E-state index contributed by atoms with van der Waals surface area (Å²) in [6.45, 7) is 3.61. The van der Waals surface area contributed by atoms with Gasteiger partial charge in [0.15, 0.2) is 11.4 Å². The molecule has 1 saturated heterocycles. The van der Waals surface area contributed by atoms with Crippen molar-refractivity contribution in [1.29, 1.82) is 0 Å². The highest BCUT2D eigenvalue weighted by atomic mass is 16.5. The summed E-state index contributed by atoms with van der Waals surface area (Å²) < 4.78 is 12.1. The van der Waals surface area contributed by atoms with E-state index < -0.39 is 11.9 Å². The summed E-state index contributed by atoms with van der Waals surface area (Å²) in [5.74, 6) is -0.149. The Morgan fingerprint density at radius 3 is 2.48 bits per heavy atom. The number of piperazine rings is 1. The topological polar surface area (TPSA) is 101 Å². The van der Waals surface area contributed by atoms with Gasteiger partial charge in [-0.2, -0.15) is 4.98 Å². The molecule has 0 aliphatic carbocycles. The fourth-order valence-electron chi connectivity index (χ4n) is 3.91. The number of hydrogen-bond acceptors (Lipinski definition) is 8. The molecule has 0 saturated carbocycles. The summed E-state index contributed by atoms with van der Waals surface area (Å²) in [7, 11) is 0. The van der Waals surface area contributed by atoms with Crippen molar-refractivity contribution in [1.82, 2.24) is 19.6 Å². The van der Waals surface area contributed by atoms with Gasteiger partial charge < -0.3 is 14.4 Å². The van der Waals surface area contributed by atoms with Crippen LogP contribution in [0.15, 0.2) is 68.3 Å². The van der Waals surface area contributed by atoms with Crippen molar-refractivity contribution in [2.45, 2.75) is 12.6 Å². The van der Waals surface area contributed by atoms with Gasteiger partial charge in [0.2, 0.25) is 0 Å². The predicted octanol–water partition coefficient (Wildman–Crippen LogP) is 1.83. The number of rotatable bonds is 6. The average Bonchev–Trinajstić information content (AvgIpc) is 3.39. The number of aromatic nitrogens is 3. The Morgan fingerprint density at radius 1 is 0.968 bits per heavy atom. The number of β-amino-alcohol motifs (C(OH)–C–C–N with tert-alkyl or cyclic N) is 1. The van der Waals surface area contributed by atoms with Crippen molar-refractivity contribution in [2.75, 3.05) is 37.6 Å². The maximum atomic E-state index is 12.1. The summed E-state index contributed by atoms with van der Waals surface area (Å²) >= 11 is 0. The average molecular weight is 421 g/mol. The van der Waals surface area contributed by atoms with E-state index in [1.807, 2.05) is 54.6 Å². The lowest BCUT2D eigenvalue weighted by molar-refractivity contribution is 0.0931. The maximum Gasteiger partial charge on any atom is 0.441 e. The molecule has 3 heterocycles. The van der Waals surface area contributed by atoms with Crippen LogP contribution in [0.5, 0.6) is 0 Å². The maximum absolute atomic E-state index is 12.1. The molecule has 1 unspecified atom stereocenters. The van der Waals surface area contributed by atoms with Crippen LogP contribution in [0.1, 0.15) is 0 Å². The van der Waals surface area contributed by atoms with Crippen LogP contribution in [0.2, 0.25) is 0 Å². The molecule has 160 valence electrons. The number of aliphatic hydroxyl groups excluding tert-OH is 1. The number of para-hydroxylation sites is 2. The lowest BCUT2D eigenvalue weighted by Gasteiger charge is -2.34. The Morgan fingerprint density at radius 2 is 1.71 bits per heavy atom. The molecule has 1 fully saturated rings. The van der Waals surface area contributed by atoms with Gasteiger partial charge in [-0.3, -0.25) is 14.0 Å². The van der Waals surface area contributed by atoms with Crippen LogP contribution in [0.25, 0.3) is 22.5 Å². The minimum Gasteiger partial charge on any atom is -0.423 e. The van der Waals surface area contributed by atoms with Gasteiger partial charge in [0.25, 0.3) is 6.01 Å². The molecule has 1 N–H and O–H groups in total. The number of aliphatic hydroxyl groups is 1. The third-order valence-corrected chi connectivity index (χ3v) is 5.51. The van der Waals surface area contributed by atoms with Crippen molar-refractivity contribution in [2.24, 2.45) is 0 Å². The van der Waals surface area contributed by atoms with Crippen LogP contribution in [-0.4, -0.2) is 63.5 Å². The summed E-state index contributed by atoms with van der Waals surface area (Å²) in [4.78, 5) is 20.9. The van der Waals surface area contributed by atoms with E-state index in [2.05, 4.69) is 19.9 Å². The first-order valence-corrected chi connectivity index (χ1v) is 10.3. The minimum atomic E-state index is -0.726. The molecule has 1 atom stereocenters. The van der Waals surface area contributed by atoms with Crippen LogP contribution in [0, 0.1) is 0 Å². The van der Waals surface area contributed by atoms with E-state index in [1.54, 1.807) is 0 Å². The first-order valence-electron chi connectivity index (χ1n) is 10.3. The van der Waals surface area contributed by atoms with E-state index in [0.29, 0.717) is 18.4 Å². The monoisotopic (exact) mass is 421 g/mol. The van der Waals surface area contributed by atoms with E-state index in [-0.39, 0.29) is 6.54 Å². The van der Waals surface area contributed by atoms with Crippen LogP contribution < -0.4 is 10.7 Å². The molecule has 5 rings (SSSR count). The van der Waals surface area contributed by atoms with E-state index in [4.69, 9.17) is 8.94 Å². The highest BCUT2D eigenvalue weighted by molar-refractivity contribution is 5.74. The second kappa shape index (κ2) is 8.37. The van der Waals surface area contributed by atoms with Crippen molar-refractivity contribution < 1.29 is 14.0 Å². The van der Waals surface area contributed by atoms with E-state index in [0.717, 1.165) is 42.8 Å². The van der Waals surface area contributed by atoms with Gasteiger partial charge in [0.1, 0.15) is 5.52 Å². The lowest BCUT2D eigenvalue weighted by atomic mass is 10.2. The second-order valence-electron chi connectivity index (χ2n) is 7.65. The Kier molecular flexibility index (Phi) is 5.27. The first kappa shape index (κ1) is 19.5. The van der Waals surface area contributed by atoms with Crippen LogP contribution in [0.3, 0.4) is 0 Å². The van der Waals surface area contributed by atoms with Crippen molar-refractivity contribution >= 4 is 17.1 Å². The molecule has 1 aliphatic heterocycles. The third kappa shape index (κ3) is 4.10. The molecule has 1 aliphatic rings. The molecular weight excluding hydrogens is 398 g/mol. The van der Waals surface area contributed by atoms with Crippen LogP contribution in [-0.2, 0) is 6.54 Å². The Bertz CT molecular complexity index is 1170. The third-order valence-electron chi connectivity index (χ3n) is 5.51. The molecular formula is C22H23N5O4. The Labute approximate surface area is 178 Å². The molecule has 2 aromatic carbocycles. The summed E-state index contributed by atoms with van der Waals surface area (Å²) in [5, 5.41) is 14.5. The molecule has 0 spiro atoms. The van der Waals surface area contributed by atoms with Gasteiger partial charge in [-0.25, -0.2) is 4.79 Å². The number of benzene rings is 2. The molecule has 9 heteroatoms. The van der Waals surface area contributed by atoms with Gasteiger partial charge in [0, 0.05) is 38.3 Å². The highest BCUT2D eigenvalue weighted by Gasteiger charge is 2.24. The van der Waals surface area contributed by atoms with Crippen LogP contribution in [0.4, 0.5) is 6.01 Å². The standard InChI is InChI=1S/C22H23N5O4/c28-17(15-27-20(24-31-22(27)29)16-6-2-1-3-7-16)14-25-10-12-26(13-11-25)21-23-18-8-4-5-9-19(18)30-21/h1-9,17,28H,10-15H2.